The fourth-order valence-corrected chi connectivity index (χ4v) is 2.98. The molecule has 29 heavy (non-hydrogen) atoms. The first kappa shape index (κ1) is 20.3. The Hall–Kier alpha value is -3.43. The molecule has 2 aromatic rings. The van der Waals surface area contributed by atoms with Gasteiger partial charge in [-0.15, -0.1) is 0 Å². The number of nitriles is 1. The van der Waals surface area contributed by atoms with Gasteiger partial charge in [0.15, 0.2) is 0 Å². The minimum Gasteiger partial charge on any atom is -0.443 e. The predicted molar refractivity (Wildman–Crippen MR) is 107 cm³/mol. The second kappa shape index (κ2) is 9.67. The number of nitrogens with zero attached hydrogens (tertiary/aromatic N) is 2. The molecule has 1 atom stereocenters. The molecule has 1 aliphatic heterocycles. The van der Waals surface area contributed by atoms with Gasteiger partial charge in [-0.1, -0.05) is 60.2 Å². The second-order valence-electron chi connectivity index (χ2n) is 6.71. The molecular formula is C23H22N2O4. The lowest BCUT2D eigenvalue weighted by Gasteiger charge is -2.30. The number of aryl methyl sites for hydroxylation is 1. The maximum Gasteiger partial charge on any atom is 0.350 e. The molecular weight excluding hydrogens is 368 g/mol. The van der Waals surface area contributed by atoms with Crippen LogP contribution in [0.4, 0.5) is 0 Å². The topological polar surface area (TPSA) is 79.6 Å². The summed E-state index contributed by atoms with van der Waals surface area (Å²) in [5.41, 5.74) is 2.18. The van der Waals surface area contributed by atoms with Crippen LogP contribution in [-0.4, -0.2) is 43.1 Å². The number of esters is 1. The van der Waals surface area contributed by atoms with Gasteiger partial charge in [-0.3, -0.25) is 4.79 Å². The van der Waals surface area contributed by atoms with Crippen molar-refractivity contribution < 1.29 is 19.1 Å². The number of ether oxygens (including phenoxy) is 2. The molecule has 0 bridgehead atoms. The van der Waals surface area contributed by atoms with Crippen molar-refractivity contribution in [1.29, 1.82) is 5.26 Å². The molecule has 3 rings (SSSR count). The Labute approximate surface area is 170 Å². The van der Waals surface area contributed by atoms with Crippen LogP contribution in [-0.2, 0) is 19.1 Å². The summed E-state index contributed by atoms with van der Waals surface area (Å²) in [6.45, 7) is 3.71. The highest BCUT2D eigenvalue weighted by atomic mass is 16.5. The highest BCUT2D eigenvalue weighted by Crippen LogP contribution is 2.23. The number of hydrogen-bond acceptors (Lipinski definition) is 5. The van der Waals surface area contributed by atoms with E-state index < -0.39 is 12.1 Å². The van der Waals surface area contributed by atoms with Crippen molar-refractivity contribution in [2.45, 2.75) is 13.0 Å². The number of rotatable bonds is 5. The molecule has 0 unspecified atom stereocenters. The number of amides is 1. The number of benzene rings is 2. The van der Waals surface area contributed by atoms with Crippen LogP contribution in [0.1, 0.15) is 22.8 Å². The number of morpholine rings is 1. The van der Waals surface area contributed by atoms with E-state index in [4.69, 9.17) is 9.47 Å². The number of carbonyl (C=O) groups is 2. The standard InChI is InChI=1S/C23H22N2O4/c1-17-7-9-18(10-8-17)15-20(16-24)23(27)29-21(19-5-3-2-4-6-19)22(26)25-11-13-28-14-12-25/h2-10,15,21H,11-14H2,1H3/b20-15+/t21-/m1/s1. The third-order valence-electron chi connectivity index (χ3n) is 4.60. The van der Waals surface area contributed by atoms with Crippen LogP contribution in [0.5, 0.6) is 0 Å². The maximum absolute atomic E-state index is 13.0. The third kappa shape index (κ3) is 5.31. The summed E-state index contributed by atoms with van der Waals surface area (Å²) < 4.78 is 10.8. The molecule has 0 radical (unpaired) electrons. The number of hydrogen-bond donors (Lipinski definition) is 0. The van der Waals surface area contributed by atoms with Crippen molar-refractivity contribution >= 4 is 18.0 Å². The largest absolute Gasteiger partial charge is 0.443 e. The molecule has 6 nitrogen and oxygen atoms in total. The first-order valence-electron chi connectivity index (χ1n) is 9.39. The molecule has 1 heterocycles. The van der Waals surface area contributed by atoms with E-state index >= 15 is 0 Å². The lowest BCUT2D eigenvalue weighted by molar-refractivity contribution is -0.159. The molecule has 0 spiro atoms. The summed E-state index contributed by atoms with van der Waals surface area (Å²) in [5, 5.41) is 9.45. The van der Waals surface area contributed by atoms with Crippen LogP contribution in [0.25, 0.3) is 6.08 Å². The van der Waals surface area contributed by atoms with E-state index in [1.165, 1.54) is 6.08 Å². The van der Waals surface area contributed by atoms with E-state index in [-0.39, 0.29) is 11.5 Å². The van der Waals surface area contributed by atoms with Crippen molar-refractivity contribution in [2.75, 3.05) is 26.3 Å². The highest BCUT2D eigenvalue weighted by Gasteiger charge is 2.31. The van der Waals surface area contributed by atoms with Crippen LogP contribution in [0.15, 0.2) is 60.2 Å². The summed E-state index contributed by atoms with van der Waals surface area (Å²) in [6.07, 6.45) is 0.347. The Morgan fingerprint density at radius 1 is 1.10 bits per heavy atom. The molecule has 6 heteroatoms. The molecule has 148 valence electrons. The zero-order valence-electron chi connectivity index (χ0n) is 16.2. The predicted octanol–water partition coefficient (Wildman–Crippen LogP) is 3.05. The summed E-state index contributed by atoms with van der Waals surface area (Å²) in [6, 6.07) is 18.1. The van der Waals surface area contributed by atoms with Gasteiger partial charge >= 0.3 is 5.97 Å². The molecule has 0 saturated carbocycles. The van der Waals surface area contributed by atoms with Crippen molar-refractivity contribution in [3.63, 3.8) is 0 Å². The minimum atomic E-state index is -1.11. The number of carbonyl (C=O) groups excluding carboxylic acids is 2. The van der Waals surface area contributed by atoms with Gasteiger partial charge in [0.1, 0.15) is 11.6 Å². The molecule has 0 aliphatic carbocycles. The van der Waals surface area contributed by atoms with E-state index in [2.05, 4.69) is 0 Å². The van der Waals surface area contributed by atoms with Crippen molar-refractivity contribution in [1.82, 2.24) is 4.90 Å². The Bertz CT molecular complexity index is 924. The first-order valence-corrected chi connectivity index (χ1v) is 9.39. The lowest BCUT2D eigenvalue weighted by Crippen LogP contribution is -2.44. The normalized spacial score (nSPS) is 15.3. The van der Waals surface area contributed by atoms with Crippen molar-refractivity contribution in [3.05, 3.63) is 76.9 Å². The van der Waals surface area contributed by atoms with E-state index in [1.54, 1.807) is 29.2 Å². The van der Waals surface area contributed by atoms with E-state index in [0.717, 1.165) is 5.56 Å². The fourth-order valence-electron chi connectivity index (χ4n) is 2.98. The molecule has 0 N–H and O–H groups in total. The molecule has 1 saturated heterocycles. The van der Waals surface area contributed by atoms with Gasteiger partial charge in [-0.2, -0.15) is 5.26 Å². The smallest absolute Gasteiger partial charge is 0.350 e. The van der Waals surface area contributed by atoms with Gasteiger partial charge in [0.2, 0.25) is 6.10 Å². The SMILES string of the molecule is Cc1ccc(/C=C(\C#N)C(=O)O[C@@H](C(=O)N2CCOCC2)c2ccccc2)cc1. The quantitative estimate of drug-likeness (QED) is 0.445. The van der Waals surface area contributed by atoms with Gasteiger partial charge in [0, 0.05) is 18.7 Å². The second-order valence-corrected chi connectivity index (χ2v) is 6.71. The molecule has 0 aromatic heterocycles. The summed E-state index contributed by atoms with van der Waals surface area (Å²) >= 11 is 0. The van der Waals surface area contributed by atoms with Crippen molar-refractivity contribution in [3.8, 4) is 6.07 Å². The Kier molecular flexibility index (Phi) is 6.77. The van der Waals surface area contributed by atoms with E-state index in [0.29, 0.717) is 37.4 Å². The van der Waals surface area contributed by atoms with Crippen LogP contribution < -0.4 is 0 Å². The molecule has 2 aromatic carbocycles. The highest BCUT2D eigenvalue weighted by molar-refractivity contribution is 5.99. The zero-order chi connectivity index (χ0) is 20.6. The van der Waals surface area contributed by atoms with E-state index in [1.807, 2.05) is 43.3 Å². The fraction of sp³-hybridized carbons (Fsp3) is 0.261. The Morgan fingerprint density at radius 3 is 2.38 bits per heavy atom. The lowest BCUT2D eigenvalue weighted by atomic mass is 10.1. The van der Waals surface area contributed by atoms with Crippen LogP contribution in [0.3, 0.4) is 0 Å². The third-order valence-corrected chi connectivity index (χ3v) is 4.60. The zero-order valence-corrected chi connectivity index (χ0v) is 16.2. The molecule has 1 fully saturated rings. The Morgan fingerprint density at radius 2 is 1.76 bits per heavy atom. The van der Waals surface area contributed by atoms with Gasteiger partial charge < -0.3 is 14.4 Å². The van der Waals surface area contributed by atoms with E-state index in [9.17, 15) is 14.9 Å². The van der Waals surface area contributed by atoms with Crippen LogP contribution >= 0.6 is 0 Å². The van der Waals surface area contributed by atoms with Gasteiger partial charge in [-0.25, -0.2) is 4.79 Å². The minimum absolute atomic E-state index is 0.162. The van der Waals surface area contributed by atoms with Gasteiger partial charge in [0.25, 0.3) is 5.91 Å². The van der Waals surface area contributed by atoms with Gasteiger partial charge in [-0.05, 0) is 18.6 Å². The monoisotopic (exact) mass is 390 g/mol. The summed E-state index contributed by atoms with van der Waals surface area (Å²) in [7, 11) is 0. The average molecular weight is 390 g/mol. The first-order chi connectivity index (χ1) is 14.1. The van der Waals surface area contributed by atoms with Crippen molar-refractivity contribution in [2.24, 2.45) is 0 Å². The van der Waals surface area contributed by atoms with Gasteiger partial charge in [0.05, 0.1) is 13.2 Å². The maximum atomic E-state index is 13.0. The van der Waals surface area contributed by atoms with Crippen LogP contribution in [0.2, 0.25) is 0 Å². The summed E-state index contributed by atoms with van der Waals surface area (Å²) in [4.78, 5) is 27.4. The molecule has 1 aliphatic rings. The summed E-state index contributed by atoms with van der Waals surface area (Å²) in [5.74, 6) is -1.15. The molecule has 1 amide bonds. The Balaban J connectivity index is 1.84. The van der Waals surface area contributed by atoms with Crippen LogP contribution in [0, 0.1) is 18.3 Å². The average Bonchev–Trinajstić information content (AvgIpc) is 2.77.